The van der Waals surface area contributed by atoms with Crippen molar-refractivity contribution in [2.75, 3.05) is 26.2 Å². The van der Waals surface area contributed by atoms with Gasteiger partial charge >= 0.3 is 0 Å². The van der Waals surface area contributed by atoms with Gasteiger partial charge in [0.1, 0.15) is 0 Å². The Hall–Kier alpha value is -1.73. The molecule has 1 aliphatic heterocycles. The fourth-order valence-electron chi connectivity index (χ4n) is 2.05. The number of aryl methyl sites for hydroxylation is 1. The van der Waals surface area contributed by atoms with Gasteiger partial charge in [-0.1, -0.05) is 5.16 Å². The van der Waals surface area contributed by atoms with Crippen molar-refractivity contribution < 1.29 is 4.52 Å². The van der Waals surface area contributed by atoms with E-state index in [1.165, 1.54) is 0 Å². The molecule has 0 spiro atoms. The molecule has 7 heteroatoms. The molecular formula is C11H16N6O. The Morgan fingerprint density at radius 1 is 1.39 bits per heavy atom. The minimum absolute atomic E-state index is 0.549. The predicted octanol–water partition coefficient (Wildman–Crippen LogP) is -0.125. The molecule has 96 valence electrons. The fourth-order valence-corrected chi connectivity index (χ4v) is 2.05. The second kappa shape index (κ2) is 4.87. The lowest BCUT2D eigenvalue weighted by molar-refractivity contribution is 0.203. The predicted molar refractivity (Wildman–Crippen MR) is 64.6 cm³/mol. The molecule has 0 saturated carbocycles. The van der Waals surface area contributed by atoms with Gasteiger partial charge in [0.15, 0.2) is 5.82 Å². The Bertz CT molecular complexity index is 513. The van der Waals surface area contributed by atoms with Crippen LogP contribution in [0.4, 0.5) is 0 Å². The van der Waals surface area contributed by atoms with Gasteiger partial charge < -0.3 is 14.4 Å². The SMILES string of the molecule is Cn1ccnc1-c1noc(CN2CCNCC2)n1. The van der Waals surface area contributed by atoms with Gasteiger partial charge in [0.05, 0.1) is 6.54 Å². The molecule has 0 amide bonds. The number of hydrogen-bond donors (Lipinski definition) is 1. The van der Waals surface area contributed by atoms with E-state index in [1.54, 1.807) is 6.20 Å². The zero-order chi connectivity index (χ0) is 12.4. The maximum atomic E-state index is 5.27. The highest BCUT2D eigenvalue weighted by Crippen LogP contribution is 2.13. The highest BCUT2D eigenvalue weighted by molar-refractivity contribution is 5.42. The number of imidazole rings is 1. The van der Waals surface area contributed by atoms with Crippen molar-refractivity contribution in [3.63, 3.8) is 0 Å². The quantitative estimate of drug-likeness (QED) is 0.816. The van der Waals surface area contributed by atoms with Crippen molar-refractivity contribution in [1.82, 2.24) is 29.9 Å². The van der Waals surface area contributed by atoms with Crippen molar-refractivity contribution in [3.05, 3.63) is 18.3 Å². The first kappa shape index (κ1) is 11.4. The van der Waals surface area contributed by atoms with E-state index >= 15 is 0 Å². The van der Waals surface area contributed by atoms with Crippen molar-refractivity contribution in [2.45, 2.75) is 6.54 Å². The van der Waals surface area contributed by atoms with Gasteiger partial charge in [-0.25, -0.2) is 4.98 Å². The Morgan fingerprint density at radius 2 is 2.22 bits per heavy atom. The minimum atomic E-state index is 0.549. The van der Waals surface area contributed by atoms with Crippen molar-refractivity contribution in [3.8, 4) is 11.6 Å². The molecular weight excluding hydrogens is 232 g/mol. The molecule has 0 unspecified atom stereocenters. The third kappa shape index (κ3) is 2.27. The molecule has 1 N–H and O–H groups in total. The summed E-state index contributed by atoms with van der Waals surface area (Å²) < 4.78 is 7.14. The first-order valence-corrected chi connectivity index (χ1v) is 6.06. The molecule has 3 heterocycles. The summed E-state index contributed by atoms with van der Waals surface area (Å²) in [6.07, 6.45) is 3.59. The number of hydrogen-bond acceptors (Lipinski definition) is 6. The number of piperazine rings is 1. The van der Waals surface area contributed by atoms with Crippen LogP contribution in [0.3, 0.4) is 0 Å². The molecule has 3 rings (SSSR count). The molecule has 7 nitrogen and oxygen atoms in total. The average molecular weight is 248 g/mol. The molecule has 0 bridgehead atoms. The van der Waals surface area contributed by atoms with E-state index in [-0.39, 0.29) is 0 Å². The highest BCUT2D eigenvalue weighted by Gasteiger charge is 2.16. The van der Waals surface area contributed by atoms with Crippen molar-refractivity contribution in [2.24, 2.45) is 7.05 Å². The normalized spacial score (nSPS) is 17.2. The van der Waals surface area contributed by atoms with Crippen LogP contribution in [0.25, 0.3) is 11.6 Å². The Kier molecular flexibility index (Phi) is 3.07. The molecule has 1 saturated heterocycles. The lowest BCUT2D eigenvalue weighted by Gasteiger charge is -2.25. The lowest BCUT2D eigenvalue weighted by Crippen LogP contribution is -2.42. The van der Waals surface area contributed by atoms with E-state index in [0.29, 0.717) is 18.3 Å². The van der Waals surface area contributed by atoms with Crippen LogP contribution >= 0.6 is 0 Å². The third-order valence-electron chi connectivity index (χ3n) is 3.06. The summed E-state index contributed by atoms with van der Waals surface area (Å²) in [7, 11) is 1.91. The Labute approximate surface area is 105 Å². The van der Waals surface area contributed by atoms with Crippen LogP contribution < -0.4 is 5.32 Å². The van der Waals surface area contributed by atoms with Gasteiger partial charge in [-0.2, -0.15) is 4.98 Å². The standard InChI is InChI=1S/C11H16N6O/c1-16-5-4-13-11(16)10-14-9(18-15-10)8-17-6-2-12-3-7-17/h4-5,12H,2-3,6-8H2,1H3. The summed E-state index contributed by atoms with van der Waals surface area (Å²) >= 11 is 0. The first-order valence-electron chi connectivity index (χ1n) is 6.06. The summed E-state index contributed by atoms with van der Waals surface area (Å²) in [4.78, 5) is 10.9. The van der Waals surface area contributed by atoms with Gasteiger partial charge in [-0.3, -0.25) is 4.90 Å². The molecule has 2 aromatic rings. The van der Waals surface area contributed by atoms with Gasteiger partial charge in [0.2, 0.25) is 11.7 Å². The summed E-state index contributed by atoms with van der Waals surface area (Å²) in [5, 5.41) is 7.29. The van der Waals surface area contributed by atoms with E-state index in [0.717, 1.165) is 32.0 Å². The topological polar surface area (TPSA) is 72.0 Å². The number of rotatable bonds is 3. The van der Waals surface area contributed by atoms with Crippen LogP contribution in [0.1, 0.15) is 5.89 Å². The average Bonchev–Trinajstić information content (AvgIpc) is 2.99. The minimum Gasteiger partial charge on any atom is -0.337 e. The molecule has 2 aromatic heterocycles. The van der Waals surface area contributed by atoms with Crippen LogP contribution in [-0.4, -0.2) is 50.8 Å². The molecule has 0 radical (unpaired) electrons. The highest BCUT2D eigenvalue weighted by atomic mass is 16.5. The monoisotopic (exact) mass is 248 g/mol. The van der Waals surface area contributed by atoms with E-state index in [9.17, 15) is 0 Å². The summed E-state index contributed by atoms with van der Waals surface area (Å²) in [6.45, 7) is 4.76. The summed E-state index contributed by atoms with van der Waals surface area (Å²) in [5.74, 6) is 1.92. The van der Waals surface area contributed by atoms with Gasteiger partial charge in [-0.15, -0.1) is 0 Å². The van der Waals surface area contributed by atoms with E-state index < -0.39 is 0 Å². The van der Waals surface area contributed by atoms with Crippen molar-refractivity contribution >= 4 is 0 Å². The van der Waals surface area contributed by atoms with Crippen LogP contribution in [0.15, 0.2) is 16.9 Å². The van der Waals surface area contributed by atoms with Crippen LogP contribution in [0.2, 0.25) is 0 Å². The van der Waals surface area contributed by atoms with E-state index in [2.05, 4.69) is 25.3 Å². The van der Waals surface area contributed by atoms with E-state index in [1.807, 2.05) is 17.8 Å². The van der Waals surface area contributed by atoms with Gasteiger partial charge in [0, 0.05) is 45.6 Å². The van der Waals surface area contributed by atoms with Crippen molar-refractivity contribution in [1.29, 1.82) is 0 Å². The molecule has 1 aliphatic rings. The molecule has 18 heavy (non-hydrogen) atoms. The van der Waals surface area contributed by atoms with Gasteiger partial charge in [-0.05, 0) is 0 Å². The number of nitrogens with one attached hydrogen (secondary N) is 1. The van der Waals surface area contributed by atoms with Crippen LogP contribution in [-0.2, 0) is 13.6 Å². The maximum Gasteiger partial charge on any atom is 0.241 e. The molecule has 0 aliphatic carbocycles. The Morgan fingerprint density at radius 3 is 2.94 bits per heavy atom. The summed E-state index contributed by atoms with van der Waals surface area (Å²) in [6, 6.07) is 0. The first-order chi connectivity index (χ1) is 8.83. The number of nitrogens with zero attached hydrogens (tertiary/aromatic N) is 5. The molecule has 0 atom stereocenters. The van der Waals surface area contributed by atoms with E-state index in [4.69, 9.17) is 4.52 Å². The maximum absolute atomic E-state index is 5.27. The number of aromatic nitrogens is 4. The van der Waals surface area contributed by atoms with Gasteiger partial charge in [0.25, 0.3) is 0 Å². The zero-order valence-electron chi connectivity index (χ0n) is 10.3. The second-order valence-electron chi connectivity index (χ2n) is 4.40. The smallest absolute Gasteiger partial charge is 0.241 e. The third-order valence-corrected chi connectivity index (χ3v) is 3.06. The largest absolute Gasteiger partial charge is 0.337 e. The second-order valence-corrected chi connectivity index (χ2v) is 4.40. The van der Waals surface area contributed by atoms with Crippen LogP contribution in [0, 0.1) is 0 Å². The molecule has 0 aromatic carbocycles. The molecule has 1 fully saturated rings. The zero-order valence-corrected chi connectivity index (χ0v) is 10.3. The lowest BCUT2D eigenvalue weighted by atomic mass is 10.3. The van der Waals surface area contributed by atoms with Crippen LogP contribution in [0.5, 0.6) is 0 Å². The Balaban J connectivity index is 1.71. The summed E-state index contributed by atoms with van der Waals surface area (Å²) in [5.41, 5.74) is 0. The fraction of sp³-hybridized carbons (Fsp3) is 0.545.